The zero-order valence-electron chi connectivity index (χ0n) is 8.70. The van der Waals surface area contributed by atoms with E-state index in [-0.39, 0.29) is 12.5 Å². The summed E-state index contributed by atoms with van der Waals surface area (Å²) in [5.41, 5.74) is 6.95. The highest BCUT2D eigenvalue weighted by molar-refractivity contribution is 5.81. The second kappa shape index (κ2) is 3.39. The van der Waals surface area contributed by atoms with Crippen molar-refractivity contribution in [2.75, 3.05) is 12.3 Å². The number of nitrogens with two attached hydrogens (primary N) is 1. The minimum Gasteiger partial charge on any atom is -0.382 e. The van der Waals surface area contributed by atoms with E-state index < -0.39 is 0 Å². The van der Waals surface area contributed by atoms with Gasteiger partial charge in [0.05, 0.1) is 12.9 Å². The number of hydrogen-bond acceptors (Lipinski definition) is 6. The van der Waals surface area contributed by atoms with E-state index in [1.54, 1.807) is 10.9 Å². The highest BCUT2D eigenvalue weighted by atomic mass is 16.7. The number of anilines is 1. The lowest BCUT2D eigenvalue weighted by Crippen LogP contribution is -2.11. The number of rotatable bonds is 1. The molecule has 0 bridgehead atoms. The minimum absolute atomic E-state index is 0.200. The summed E-state index contributed by atoms with van der Waals surface area (Å²) in [6.45, 7) is 2.33. The second-order valence-electron chi connectivity index (χ2n) is 3.57. The lowest BCUT2D eigenvalue weighted by molar-refractivity contribution is -0.0561. The van der Waals surface area contributed by atoms with E-state index in [1.807, 2.05) is 6.92 Å². The van der Waals surface area contributed by atoms with Gasteiger partial charge in [-0.1, -0.05) is 0 Å². The van der Waals surface area contributed by atoms with E-state index in [0.29, 0.717) is 23.6 Å². The largest absolute Gasteiger partial charge is 0.382 e. The van der Waals surface area contributed by atoms with Crippen LogP contribution in [0.15, 0.2) is 12.7 Å². The van der Waals surface area contributed by atoms with Crippen LogP contribution in [0.25, 0.3) is 11.2 Å². The Hall–Kier alpha value is -1.73. The van der Waals surface area contributed by atoms with Crippen molar-refractivity contribution >= 4 is 17.0 Å². The highest BCUT2D eigenvalue weighted by Gasteiger charge is 2.25. The number of imidazole rings is 1. The molecule has 0 radical (unpaired) electrons. The van der Waals surface area contributed by atoms with Crippen molar-refractivity contribution in [2.45, 2.75) is 19.4 Å². The molecular formula is C9H11N5O2. The maximum Gasteiger partial charge on any atom is 0.167 e. The van der Waals surface area contributed by atoms with Crippen molar-refractivity contribution in [3.63, 3.8) is 0 Å². The molecule has 2 unspecified atom stereocenters. The Kier molecular flexibility index (Phi) is 2.01. The summed E-state index contributed by atoms with van der Waals surface area (Å²) in [4.78, 5) is 12.2. The van der Waals surface area contributed by atoms with Crippen LogP contribution in [0.1, 0.15) is 13.2 Å². The van der Waals surface area contributed by atoms with Gasteiger partial charge in [0.15, 0.2) is 24.0 Å². The molecule has 1 aliphatic rings. The standard InChI is InChI=1S/C9H11N5O2/c1-5-15-2-6(16-5)14-4-13-7-8(10)11-3-12-9(7)14/h3-6H,2H2,1H3,(H2,10,11,12). The van der Waals surface area contributed by atoms with Gasteiger partial charge in [-0.15, -0.1) is 0 Å². The third-order valence-corrected chi connectivity index (χ3v) is 2.52. The predicted molar refractivity (Wildman–Crippen MR) is 55.3 cm³/mol. The number of ether oxygens (including phenoxy) is 2. The van der Waals surface area contributed by atoms with E-state index in [4.69, 9.17) is 15.2 Å². The topological polar surface area (TPSA) is 88.1 Å². The Morgan fingerprint density at radius 1 is 1.44 bits per heavy atom. The molecule has 0 aromatic carbocycles. The molecule has 1 fully saturated rings. The average molecular weight is 221 g/mol. The van der Waals surface area contributed by atoms with Gasteiger partial charge in [-0.2, -0.15) is 0 Å². The summed E-state index contributed by atoms with van der Waals surface area (Å²) in [6.07, 6.45) is 2.65. The zero-order valence-corrected chi connectivity index (χ0v) is 8.70. The number of nitrogen functional groups attached to an aromatic ring is 1. The molecule has 2 aromatic heterocycles. The first kappa shape index (κ1) is 9.49. The van der Waals surface area contributed by atoms with Crippen LogP contribution >= 0.6 is 0 Å². The quantitative estimate of drug-likeness (QED) is 0.745. The van der Waals surface area contributed by atoms with Gasteiger partial charge >= 0.3 is 0 Å². The molecule has 84 valence electrons. The molecule has 1 aliphatic heterocycles. The van der Waals surface area contributed by atoms with Crippen molar-refractivity contribution in [1.82, 2.24) is 19.5 Å². The lowest BCUT2D eigenvalue weighted by Gasteiger charge is -2.10. The third kappa shape index (κ3) is 1.33. The summed E-state index contributed by atoms with van der Waals surface area (Å²) in [7, 11) is 0. The van der Waals surface area contributed by atoms with Crippen molar-refractivity contribution in [1.29, 1.82) is 0 Å². The minimum atomic E-state index is -0.207. The molecule has 1 saturated heterocycles. The van der Waals surface area contributed by atoms with Gasteiger partial charge in [-0.25, -0.2) is 15.0 Å². The van der Waals surface area contributed by atoms with Crippen molar-refractivity contribution in [3.05, 3.63) is 12.7 Å². The average Bonchev–Trinajstić information content (AvgIpc) is 2.84. The molecule has 3 heterocycles. The number of nitrogens with zero attached hydrogens (tertiary/aromatic N) is 4. The SMILES string of the molecule is CC1OCC(n2cnc3c(N)ncnc32)O1. The van der Waals surface area contributed by atoms with Crippen LogP contribution in [0, 0.1) is 0 Å². The number of hydrogen-bond donors (Lipinski definition) is 1. The molecule has 2 aromatic rings. The van der Waals surface area contributed by atoms with Crippen LogP contribution in [0.5, 0.6) is 0 Å². The Morgan fingerprint density at radius 2 is 2.31 bits per heavy atom. The second-order valence-corrected chi connectivity index (χ2v) is 3.57. The fraction of sp³-hybridized carbons (Fsp3) is 0.444. The third-order valence-electron chi connectivity index (χ3n) is 2.52. The Balaban J connectivity index is 2.08. The smallest absolute Gasteiger partial charge is 0.167 e. The molecule has 0 amide bonds. The molecule has 16 heavy (non-hydrogen) atoms. The molecule has 0 spiro atoms. The number of fused-ring (bicyclic) bond motifs is 1. The van der Waals surface area contributed by atoms with Gasteiger partial charge in [0.1, 0.15) is 11.8 Å². The summed E-state index contributed by atoms with van der Waals surface area (Å²) < 4.78 is 12.7. The maximum absolute atomic E-state index is 5.70. The Morgan fingerprint density at radius 3 is 3.06 bits per heavy atom. The molecular weight excluding hydrogens is 210 g/mol. The first-order valence-corrected chi connectivity index (χ1v) is 4.96. The first-order valence-electron chi connectivity index (χ1n) is 4.96. The van der Waals surface area contributed by atoms with Gasteiger partial charge in [-0.3, -0.25) is 4.57 Å². The van der Waals surface area contributed by atoms with Crippen LogP contribution in [-0.4, -0.2) is 32.4 Å². The molecule has 0 aliphatic carbocycles. The van der Waals surface area contributed by atoms with Crippen LogP contribution in [0.4, 0.5) is 5.82 Å². The fourth-order valence-corrected chi connectivity index (χ4v) is 1.74. The molecule has 2 N–H and O–H groups in total. The van der Waals surface area contributed by atoms with Gasteiger partial charge in [0.25, 0.3) is 0 Å². The normalized spacial score (nSPS) is 25.3. The summed E-state index contributed by atoms with van der Waals surface area (Å²) in [5, 5.41) is 0. The first-order chi connectivity index (χ1) is 7.75. The summed E-state index contributed by atoms with van der Waals surface area (Å²) in [6, 6.07) is 0. The van der Waals surface area contributed by atoms with Gasteiger partial charge < -0.3 is 15.2 Å². The maximum atomic E-state index is 5.70. The van der Waals surface area contributed by atoms with E-state index in [1.165, 1.54) is 6.33 Å². The highest BCUT2D eigenvalue weighted by Crippen LogP contribution is 2.24. The van der Waals surface area contributed by atoms with Crippen LogP contribution in [-0.2, 0) is 9.47 Å². The van der Waals surface area contributed by atoms with Gasteiger partial charge in [0, 0.05) is 0 Å². The van der Waals surface area contributed by atoms with E-state index in [9.17, 15) is 0 Å². The van der Waals surface area contributed by atoms with Crippen molar-refractivity contribution < 1.29 is 9.47 Å². The van der Waals surface area contributed by atoms with E-state index in [2.05, 4.69) is 15.0 Å². The predicted octanol–water partition coefficient (Wildman–Crippen LogP) is 0.300. The molecule has 2 atom stereocenters. The van der Waals surface area contributed by atoms with Gasteiger partial charge in [0.2, 0.25) is 0 Å². The zero-order chi connectivity index (χ0) is 11.1. The number of aromatic nitrogens is 4. The summed E-state index contributed by atoms with van der Waals surface area (Å²) >= 11 is 0. The van der Waals surface area contributed by atoms with E-state index in [0.717, 1.165) is 0 Å². The summed E-state index contributed by atoms with van der Waals surface area (Å²) in [5.74, 6) is 0.371. The van der Waals surface area contributed by atoms with Crippen molar-refractivity contribution in [2.24, 2.45) is 0 Å². The van der Waals surface area contributed by atoms with E-state index >= 15 is 0 Å². The van der Waals surface area contributed by atoms with Gasteiger partial charge in [-0.05, 0) is 6.92 Å². The van der Waals surface area contributed by atoms with Crippen molar-refractivity contribution in [3.8, 4) is 0 Å². The Labute approximate surface area is 91.2 Å². The molecule has 3 rings (SSSR count). The fourth-order valence-electron chi connectivity index (χ4n) is 1.74. The van der Waals surface area contributed by atoms with Crippen LogP contribution in [0.3, 0.4) is 0 Å². The molecule has 7 heteroatoms. The lowest BCUT2D eigenvalue weighted by atomic mass is 10.5. The molecule has 7 nitrogen and oxygen atoms in total. The monoisotopic (exact) mass is 221 g/mol. The van der Waals surface area contributed by atoms with Crippen LogP contribution in [0.2, 0.25) is 0 Å². The van der Waals surface area contributed by atoms with Crippen LogP contribution < -0.4 is 5.73 Å². The molecule has 0 saturated carbocycles. The Bertz CT molecular complexity index is 526.